The molecule has 1 saturated carbocycles. The maximum atomic E-state index is 10.4. The topological polar surface area (TPSA) is 71.5 Å². The van der Waals surface area contributed by atoms with E-state index < -0.39 is 5.97 Å². The van der Waals surface area contributed by atoms with E-state index in [1.165, 1.54) is 11.3 Å². The number of aromatic nitrogens is 1. The van der Waals surface area contributed by atoms with E-state index in [9.17, 15) is 4.79 Å². The largest absolute Gasteiger partial charge is 0.481 e. The van der Waals surface area contributed by atoms with Crippen LogP contribution >= 0.6 is 11.3 Å². The molecule has 94 valence electrons. The summed E-state index contributed by atoms with van der Waals surface area (Å²) in [5.74, 6) is -0.783. The SMILES string of the molecule is COC1CC(Nc2nc(CCC(=O)O)cs2)C1. The maximum absolute atomic E-state index is 10.4. The molecule has 2 N–H and O–H groups in total. The number of hydrogen-bond donors (Lipinski definition) is 2. The number of nitrogens with zero attached hydrogens (tertiary/aromatic N) is 1. The van der Waals surface area contributed by atoms with Gasteiger partial charge in [-0.2, -0.15) is 0 Å². The van der Waals surface area contributed by atoms with Crippen LogP contribution < -0.4 is 5.32 Å². The van der Waals surface area contributed by atoms with Gasteiger partial charge in [-0.05, 0) is 12.8 Å². The monoisotopic (exact) mass is 256 g/mol. The predicted molar refractivity (Wildman–Crippen MR) is 65.5 cm³/mol. The number of carbonyl (C=O) groups is 1. The number of carboxylic acid groups (broad SMARTS) is 1. The number of nitrogens with one attached hydrogen (secondary N) is 1. The van der Waals surface area contributed by atoms with Gasteiger partial charge < -0.3 is 15.2 Å². The van der Waals surface area contributed by atoms with Crippen LogP contribution in [-0.2, 0) is 16.0 Å². The van der Waals surface area contributed by atoms with Crippen molar-refractivity contribution in [2.24, 2.45) is 0 Å². The second-order valence-corrected chi connectivity index (χ2v) is 5.07. The van der Waals surface area contributed by atoms with E-state index in [1.54, 1.807) is 7.11 Å². The van der Waals surface area contributed by atoms with Crippen LogP contribution in [-0.4, -0.2) is 35.3 Å². The molecular weight excluding hydrogens is 240 g/mol. The first-order chi connectivity index (χ1) is 8.17. The molecular formula is C11H16N2O3S. The molecule has 0 atom stereocenters. The molecule has 17 heavy (non-hydrogen) atoms. The number of carboxylic acids is 1. The van der Waals surface area contributed by atoms with E-state index >= 15 is 0 Å². The molecule has 1 aromatic heterocycles. The number of hydrogen-bond acceptors (Lipinski definition) is 5. The summed E-state index contributed by atoms with van der Waals surface area (Å²) in [5.41, 5.74) is 0.850. The average molecular weight is 256 g/mol. The fourth-order valence-corrected chi connectivity index (χ4v) is 2.60. The zero-order valence-corrected chi connectivity index (χ0v) is 10.5. The molecule has 0 bridgehead atoms. The van der Waals surface area contributed by atoms with E-state index in [1.807, 2.05) is 5.38 Å². The van der Waals surface area contributed by atoms with Crippen molar-refractivity contribution in [2.75, 3.05) is 12.4 Å². The molecule has 5 nitrogen and oxygen atoms in total. The van der Waals surface area contributed by atoms with Crippen LogP contribution in [0.1, 0.15) is 25.0 Å². The molecule has 0 amide bonds. The lowest BCUT2D eigenvalue weighted by Gasteiger charge is -2.34. The quantitative estimate of drug-likeness (QED) is 0.811. The predicted octanol–water partition coefficient (Wildman–Crippen LogP) is 1.75. The zero-order chi connectivity index (χ0) is 12.3. The highest BCUT2D eigenvalue weighted by molar-refractivity contribution is 7.13. The number of ether oxygens (including phenoxy) is 1. The Kier molecular flexibility index (Phi) is 3.96. The van der Waals surface area contributed by atoms with Gasteiger partial charge in [-0.3, -0.25) is 4.79 Å². The number of thiazole rings is 1. The molecule has 1 heterocycles. The number of aryl methyl sites for hydroxylation is 1. The third-order valence-corrected chi connectivity index (χ3v) is 3.72. The van der Waals surface area contributed by atoms with Crippen LogP contribution in [0.5, 0.6) is 0 Å². The molecule has 0 spiro atoms. The summed E-state index contributed by atoms with van der Waals surface area (Å²) < 4.78 is 5.20. The third kappa shape index (κ3) is 3.41. The summed E-state index contributed by atoms with van der Waals surface area (Å²) in [4.78, 5) is 14.8. The average Bonchev–Trinajstić information content (AvgIpc) is 2.67. The molecule has 1 aromatic rings. The number of methoxy groups -OCH3 is 1. The lowest BCUT2D eigenvalue weighted by molar-refractivity contribution is -0.136. The van der Waals surface area contributed by atoms with Crippen LogP contribution in [0.3, 0.4) is 0 Å². The lowest BCUT2D eigenvalue weighted by Crippen LogP contribution is -2.40. The molecule has 0 saturated heterocycles. The summed E-state index contributed by atoms with van der Waals surface area (Å²) in [6, 6.07) is 0.443. The molecule has 1 fully saturated rings. The van der Waals surface area contributed by atoms with Crippen molar-refractivity contribution in [3.63, 3.8) is 0 Å². The Labute approximate surface area is 104 Å². The van der Waals surface area contributed by atoms with E-state index in [4.69, 9.17) is 9.84 Å². The summed E-state index contributed by atoms with van der Waals surface area (Å²) in [6.07, 6.45) is 3.04. The van der Waals surface area contributed by atoms with Crippen molar-refractivity contribution in [3.05, 3.63) is 11.1 Å². The second kappa shape index (κ2) is 5.46. The molecule has 0 aliphatic heterocycles. The Bertz CT molecular complexity index is 388. The van der Waals surface area contributed by atoms with Crippen LogP contribution in [0.15, 0.2) is 5.38 Å². The summed E-state index contributed by atoms with van der Waals surface area (Å²) in [7, 11) is 1.73. The smallest absolute Gasteiger partial charge is 0.303 e. The third-order valence-electron chi connectivity index (χ3n) is 2.90. The Morgan fingerprint density at radius 2 is 2.47 bits per heavy atom. The van der Waals surface area contributed by atoms with Gasteiger partial charge in [0.2, 0.25) is 0 Å². The number of rotatable bonds is 6. The molecule has 1 aliphatic carbocycles. The minimum absolute atomic E-state index is 0.137. The summed E-state index contributed by atoms with van der Waals surface area (Å²) in [5, 5.41) is 14.7. The minimum Gasteiger partial charge on any atom is -0.481 e. The van der Waals surface area contributed by atoms with E-state index in [2.05, 4.69) is 10.3 Å². The van der Waals surface area contributed by atoms with Crippen LogP contribution in [0.25, 0.3) is 0 Å². The Balaban J connectivity index is 1.76. The van der Waals surface area contributed by atoms with Gasteiger partial charge in [0.25, 0.3) is 0 Å². The second-order valence-electron chi connectivity index (χ2n) is 4.21. The molecule has 2 rings (SSSR count). The molecule has 0 radical (unpaired) electrons. The zero-order valence-electron chi connectivity index (χ0n) is 9.68. The van der Waals surface area contributed by atoms with Crippen LogP contribution in [0.4, 0.5) is 5.13 Å². The highest BCUT2D eigenvalue weighted by Crippen LogP contribution is 2.27. The standard InChI is InChI=1S/C11H16N2O3S/c1-16-9-4-8(5-9)13-11-12-7(6-17-11)2-3-10(14)15/h6,8-9H,2-5H2,1H3,(H,12,13)(H,14,15). The van der Waals surface area contributed by atoms with Gasteiger partial charge in [0.05, 0.1) is 18.2 Å². The number of aliphatic carboxylic acids is 1. The maximum Gasteiger partial charge on any atom is 0.303 e. The Hall–Kier alpha value is -1.14. The Morgan fingerprint density at radius 3 is 3.12 bits per heavy atom. The fraction of sp³-hybridized carbons (Fsp3) is 0.636. The van der Waals surface area contributed by atoms with Gasteiger partial charge in [0.1, 0.15) is 0 Å². The van der Waals surface area contributed by atoms with Crippen LogP contribution in [0, 0.1) is 0 Å². The lowest BCUT2D eigenvalue weighted by atomic mass is 9.89. The van der Waals surface area contributed by atoms with Crippen LogP contribution in [0.2, 0.25) is 0 Å². The number of anilines is 1. The van der Waals surface area contributed by atoms with Crippen molar-refractivity contribution in [1.29, 1.82) is 0 Å². The highest BCUT2D eigenvalue weighted by Gasteiger charge is 2.29. The van der Waals surface area contributed by atoms with Gasteiger partial charge in [-0.15, -0.1) is 11.3 Å². The van der Waals surface area contributed by atoms with Gasteiger partial charge in [0.15, 0.2) is 5.13 Å². The van der Waals surface area contributed by atoms with E-state index in [-0.39, 0.29) is 6.42 Å². The van der Waals surface area contributed by atoms with Crippen molar-refractivity contribution in [3.8, 4) is 0 Å². The fourth-order valence-electron chi connectivity index (χ4n) is 1.77. The summed E-state index contributed by atoms with van der Waals surface area (Å²) >= 11 is 1.53. The van der Waals surface area contributed by atoms with E-state index in [0.717, 1.165) is 23.7 Å². The van der Waals surface area contributed by atoms with Gasteiger partial charge in [-0.25, -0.2) is 4.98 Å². The van der Waals surface area contributed by atoms with Crippen molar-refractivity contribution in [2.45, 2.75) is 37.8 Å². The first kappa shape index (κ1) is 12.3. The molecule has 1 aliphatic rings. The molecule has 6 heteroatoms. The van der Waals surface area contributed by atoms with Gasteiger partial charge in [-0.1, -0.05) is 0 Å². The van der Waals surface area contributed by atoms with Gasteiger partial charge in [0, 0.05) is 25.0 Å². The summed E-state index contributed by atoms with van der Waals surface area (Å²) in [6.45, 7) is 0. The van der Waals surface area contributed by atoms with Gasteiger partial charge >= 0.3 is 5.97 Å². The normalized spacial score (nSPS) is 23.1. The van der Waals surface area contributed by atoms with Crippen molar-refractivity contribution < 1.29 is 14.6 Å². The molecule has 0 aromatic carbocycles. The Morgan fingerprint density at radius 1 is 1.71 bits per heavy atom. The minimum atomic E-state index is -0.783. The molecule has 0 unspecified atom stereocenters. The highest BCUT2D eigenvalue weighted by atomic mass is 32.1. The first-order valence-electron chi connectivity index (χ1n) is 5.63. The van der Waals surface area contributed by atoms with Crippen molar-refractivity contribution >= 4 is 22.4 Å². The van der Waals surface area contributed by atoms with E-state index in [0.29, 0.717) is 18.6 Å². The van der Waals surface area contributed by atoms with Crippen molar-refractivity contribution in [1.82, 2.24) is 4.98 Å². The first-order valence-corrected chi connectivity index (χ1v) is 6.51.